The molecule has 7 heteroatoms. The van der Waals surface area contributed by atoms with Gasteiger partial charge >= 0.3 is 5.69 Å². The van der Waals surface area contributed by atoms with E-state index in [4.69, 9.17) is 0 Å². The Morgan fingerprint density at radius 1 is 1.05 bits per heavy atom. The number of aliphatic hydroxyl groups is 1. The molecule has 0 aromatic carbocycles. The zero-order chi connectivity index (χ0) is 15.4. The van der Waals surface area contributed by atoms with Crippen molar-refractivity contribution < 1.29 is 5.11 Å². The number of aromatic nitrogens is 4. The van der Waals surface area contributed by atoms with Crippen molar-refractivity contribution in [3.63, 3.8) is 0 Å². The molecule has 0 aliphatic carbocycles. The maximum atomic E-state index is 12.2. The highest BCUT2D eigenvalue weighted by Crippen LogP contribution is 2.32. The first-order valence-electron chi connectivity index (χ1n) is 6.37. The number of hydrogen-bond acceptors (Lipinski definition) is 4. The van der Waals surface area contributed by atoms with Crippen LogP contribution in [0.25, 0.3) is 11.2 Å². The smallest absolute Gasteiger partial charge is 0.332 e. The van der Waals surface area contributed by atoms with Crippen LogP contribution in [0.2, 0.25) is 0 Å². The summed E-state index contributed by atoms with van der Waals surface area (Å²) in [4.78, 5) is 28.4. The summed E-state index contributed by atoms with van der Waals surface area (Å²) in [7, 11) is 4.66. The average molecular weight is 280 g/mol. The lowest BCUT2D eigenvalue weighted by Gasteiger charge is -2.25. The predicted molar refractivity (Wildman–Crippen MR) is 75.6 cm³/mol. The van der Waals surface area contributed by atoms with E-state index in [0.29, 0.717) is 17.0 Å². The van der Waals surface area contributed by atoms with Crippen LogP contribution in [0.15, 0.2) is 9.59 Å². The molecule has 1 N–H and O–H groups in total. The summed E-state index contributed by atoms with van der Waals surface area (Å²) < 4.78 is 3.92. The summed E-state index contributed by atoms with van der Waals surface area (Å²) in [5, 5.41) is 10.4. The summed E-state index contributed by atoms with van der Waals surface area (Å²) in [6.45, 7) is 5.65. The molecule has 2 rings (SSSR count). The minimum atomic E-state index is -0.834. The zero-order valence-corrected chi connectivity index (χ0v) is 12.6. The lowest BCUT2D eigenvalue weighted by molar-refractivity contribution is 0.0529. The summed E-state index contributed by atoms with van der Waals surface area (Å²) in [5.74, 6) is 0.380. The quantitative estimate of drug-likeness (QED) is 0.800. The first-order valence-corrected chi connectivity index (χ1v) is 6.37. The molecule has 2 aromatic rings. The number of hydrogen-bond donors (Lipinski definition) is 1. The second-order valence-electron chi connectivity index (χ2n) is 6.18. The van der Waals surface area contributed by atoms with Gasteiger partial charge in [0.1, 0.15) is 11.9 Å². The first kappa shape index (κ1) is 14.5. The monoisotopic (exact) mass is 280 g/mol. The van der Waals surface area contributed by atoms with Gasteiger partial charge in [0, 0.05) is 21.1 Å². The minimum Gasteiger partial charge on any atom is -0.385 e. The van der Waals surface area contributed by atoms with Crippen molar-refractivity contribution in [1.82, 2.24) is 18.7 Å². The van der Waals surface area contributed by atoms with Gasteiger partial charge in [0.2, 0.25) is 0 Å². The Morgan fingerprint density at radius 2 is 1.60 bits per heavy atom. The van der Waals surface area contributed by atoms with Gasteiger partial charge in [-0.25, -0.2) is 9.78 Å². The number of fused-ring (bicyclic) bond motifs is 1. The number of aliphatic hydroxyl groups excluding tert-OH is 1. The Balaban J connectivity index is 2.91. The summed E-state index contributed by atoms with van der Waals surface area (Å²) >= 11 is 0. The molecule has 0 saturated carbocycles. The van der Waals surface area contributed by atoms with E-state index in [1.165, 1.54) is 11.6 Å². The molecule has 0 radical (unpaired) electrons. The summed E-state index contributed by atoms with van der Waals surface area (Å²) in [6, 6.07) is 0. The number of aryl methyl sites for hydroxylation is 2. The molecule has 0 amide bonds. The molecule has 0 saturated heterocycles. The predicted octanol–water partition coefficient (Wildman–Crippen LogP) is 0.0502. The Morgan fingerprint density at radius 3 is 2.10 bits per heavy atom. The number of rotatable bonds is 1. The highest BCUT2D eigenvalue weighted by Gasteiger charge is 2.29. The maximum Gasteiger partial charge on any atom is 0.332 e. The fourth-order valence-electron chi connectivity index (χ4n) is 2.17. The first-order chi connectivity index (χ1) is 9.07. The van der Waals surface area contributed by atoms with Crippen molar-refractivity contribution in [3.05, 3.63) is 26.7 Å². The van der Waals surface area contributed by atoms with E-state index >= 15 is 0 Å². The van der Waals surface area contributed by atoms with Gasteiger partial charge in [-0.3, -0.25) is 13.9 Å². The number of imidazole rings is 1. The van der Waals surface area contributed by atoms with Crippen molar-refractivity contribution in [2.75, 3.05) is 0 Å². The molecule has 0 bridgehead atoms. The molecule has 2 heterocycles. The molecule has 0 aliphatic rings. The fourth-order valence-corrected chi connectivity index (χ4v) is 2.17. The van der Waals surface area contributed by atoms with E-state index in [2.05, 4.69) is 4.98 Å². The fraction of sp³-hybridized carbons (Fsp3) is 0.615. The van der Waals surface area contributed by atoms with Crippen LogP contribution in [0.1, 0.15) is 32.7 Å². The van der Waals surface area contributed by atoms with Crippen LogP contribution in [0, 0.1) is 5.41 Å². The van der Waals surface area contributed by atoms with Crippen LogP contribution < -0.4 is 11.2 Å². The maximum absolute atomic E-state index is 12.2. The van der Waals surface area contributed by atoms with Gasteiger partial charge in [0.05, 0.1) is 0 Å². The van der Waals surface area contributed by atoms with Crippen molar-refractivity contribution in [1.29, 1.82) is 0 Å². The van der Waals surface area contributed by atoms with E-state index in [0.717, 1.165) is 4.57 Å². The minimum absolute atomic E-state index is 0.291. The normalized spacial score (nSPS) is 13.9. The van der Waals surface area contributed by atoms with Crippen molar-refractivity contribution in [3.8, 4) is 0 Å². The molecule has 2 aromatic heterocycles. The molecular formula is C13H20N4O3. The third-order valence-electron chi connectivity index (χ3n) is 3.57. The molecule has 0 fully saturated rings. The van der Waals surface area contributed by atoms with Crippen LogP contribution >= 0.6 is 0 Å². The van der Waals surface area contributed by atoms with Gasteiger partial charge in [0.15, 0.2) is 11.2 Å². The lowest BCUT2D eigenvalue weighted by Crippen LogP contribution is -2.37. The molecule has 20 heavy (non-hydrogen) atoms. The van der Waals surface area contributed by atoms with Gasteiger partial charge in [-0.15, -0.1) is 0 Å². The second kappa shape index (κ2) is 4.31. The SMILES string of the molecule is Cn1c(=O)c2c(nc(C(O)C(C)(C)C)n2C)n(C)c1=O. The Hall–Kier alpha value is -1.89. The van der Waals surface area contributed by atoms with Crippen molar-refractivity contribution in [2.24, 2.45) is 26.6 Å². The average Bonchev–Trinajstić information content (AvgIpc) is 2.69. The lowest BCUT2D eigenvalue weighted by atomic mass is 9.89. The highest BCUT2D eigenvalue weighted by atomic mass is 16.3. The molecule has 1 unspecified atom stereocenters. The molecular weight excluding hydrogens is 260 g/mol. The Kier molecular flexibility index (Phi) is 3.13. The van der Waals surface area contributed by atoms with Gasteiger partial charge < -0.3 is 9.67 Å². The molecule has 7 nitrogen and oxygen atoms in total. The van der Waals surface area contributed by atoms with Crippen LogP contribution in [0.5, 0.6) is 0 Å². The zero-order valence-electron chi connectivity index (χ0n) is 12.6. The van der Waals surface area contributed by atoms with Crippen molar-refractivity contribution >= 4 is 11.2 Å². The topological polar surface area (TPSA) is 82.1 Å². The number of nitrogens with zero attached hydrogens (tertiary/aromatic N) is 4. The van der Waals surface area contributed by atoms with E-state index in [1.807, 2.05) is 20.8 Å². The molecule has 1 atom stereocenters. The Labute approximate surface area is 116 Å². The van der Waals surface area contributed by atoms with E-state index in [1.54, 1.807) is 18.7 Å². The van der Waals surface area contributed by atoms with E-state index in [9.17, 15) is 14.7 Å². The third-order valence-corrected chi connectivity index (χ3v) is 3.57. The summed E-state index contributed by atoms with van der Waals surface area (Å²) in [6.07, 6.45) is -0.834. The molecule has 110 valence electrons. The van der Waals surface area contributed by atoms with E-state index in [-0.39, 0.29) is 0 Å². The van der Waals surface area contributed by atoms with Crippen LogP contribution in [0.4, 0.5) is 0 Å². The van der Waals surface area contributed by atoms with Crippen molar-refractivity contribution in [2.45, 2.75) is 26.9 Å². The second-order valence-corrected chi connectivity index (χ2v) is 6.18. The molecule has 0 spiro atoms. The molecule has 0 aliphatic heterocycles. The van der Waals surface area contributed by atoms with Crippen LogP contribution in [-0.2, 0) is 21.1 Å². The standard InChI is InChI=1S/C13H20N4O3/c1-13(2,3)8(18)10-14-9-7(15(10)4)11(19)17(6)12(20)16(9)5/h8,18H,1-6H3. The highest BCUT2D eigenvalue weighted by molar-refractivity contribution is 5.71. The Bertz CT molecular complexity index is 789. The summed E-state index contributed by atoms with van der Waals surface area (Å²) in [5.41, 5.74) is -0.658. The van der Waals surface area contributed by atoms with Gasteiger partial charge in [0.25, 0.3) is 5.56 Å². The van der Waals surface area contributed by atoms with Gasteiger partial charge in [-0.05, 0) is 5.41 Å². The van der Waals surface area contributed by atoms with Crippen LogP contribution in [-0.4, -0.2) is 23.8 Å². The van der Waals surface area contributed by atoms with Gasteiger partial charge in [-0.1, -0.05) is 20.8 Å². The van der Waals surface area contributed by atoms with Crippen LogP contribution in [0.3, 0.4) is 0 Å². The van der Waals surface area contributed by atoms with Gasteiger partial charge in [-0.2, -0.15) is 0 Å². The third kappa shape index (κ3) is 1.89. The largest absolute Gasteiger partial charge is 0.385 e. The van der Waals surface area contributed by atoms with E-state index < -0.39 is 22.8 Å².